The van der Waals surface area contributed by atoms with Gasteiger partial charge in [-0.3, -0.25) is 0 Å². The van der Waals surface area contributed by atoms with Gasteiger partial charge in [0.2, 0.25) is 0 Å². The average Bonchev–Trinajstić information content (AvgIpc) is 2.37. The van der Waals surface area contributed by atoms with E-state index in [1.165, 1.54) is 19.3 Å². The van der Waals surface area contributed by atoms with Crippen LogP contribution >= 0.6 is 23.2 Å². The van der Waals surface area contributed by atoms with E-state index in [-0.39, 0.29) is 10.8 Å². The molecule has 0 radical (unpaired) electrons. The Bertz CT molecular complexity index is 106. The number of hydrogen-bond donors (Lipinski definition) is 0. The lowest BCUT2D eigenvalue weighted by molar-refractivity contribution is 0.494. The van der Waals surface area contributed by atoms with Crippen LogP contribution in [0.15, 0.2) is 0 Å². The van der Waals surface area contributed by atoms with Gasteiger partial charge in [0.1, 0.15) is 0 Å². The normalized spacial score (nSPS) is 56.7. The zero-order valence-corrected chi connectivity index (χ0v) is 6.70. The van der Waals surface area contributed by atoms with Crippen LogP contribution in [0.2, 0.25) is 0 Å². The van der Waals surface area contributed by atoms with Crippen molar-refractivity contribution in [1.29, 1.82) is 0 Å². The van der Waals surface area contributed by atoms with E-state index in [4.69, 9.17) is 23.2 Å². The molecule has 0 N–H and O–H groups in total. The van der Waals surface area contributed by atoms with E-state index in [1.54, 1.807) is 0 Å². The van der Waals surface area contributed by atoms with Crippen LogP contribution in [-0.4, -0.2) is 10.8 Å². The number of hydrogen-bond acceptors (Lipinski definition) is 0. The molecule has 0 aromatic heterocycles. The zero-order valence-electron chi connectivity index (χ0n) is 5.19. The first-order valence-electron chi connectivity index (χ1n) is 3.57. The van der Waals surface area contributed by atoms with E-state index in [1.807, 2.05) is 0 Å². The fourth-order valence-electron chi connectivity index (χ4n) is 2.15. The standard InChI is InChI=1S/C7H10Cl2/c8-6-4-1-2-5(3-4)7(6)9/h4-7H,1-3H2/t4-,5+,6-,7-/m1/s1. The SMILES string of the molecule is Cl[C@@H]1[C@@H]2CC[C@@H](C2)[C@H]1Cl. The predicted molar refractivity (Wildman–Crippen MR) is 40.1 cm³/mol. The molecule has 0 saturated heterocycles. The Morgan fingerprint density at radius 3 is 1.56 bits per heavy atom. The molecule has 2 fully saturated rings. The summed E-state index contributed by atoms with van der Waals surface area (Å²) in [5.74, 6) is 1.50. The molecule has 0 unspecified atom stereocenters. The summed E-state index contributed by atoms with van der Waals surface area (Å²) in [5.41, 5.74) is 0. The summed E-state index contributed by atoms with van der Waals surface area (Å²) in [6.07, 6.45) is 3.94. The molecular weight excluding hydrogens is 155 g/mol. The third-order valence-corrected chi connectivity index (χ3v) is 4.10. The molecule has 2 heteroatoms. The maximum atomic E-state index is 6.03. The lowest BCUT2D eigenvalue weighted by Crippen LogP contribution is -2.22. The first-order chi connectivity index (χ1) is 4.29. The van der Waals surface area contributed by atoms with Crippen molar-refractivity contribution in [1.82, 2.24) is 0 Å². The van der Waals surface area contributed by atoms with Crippen LogP contribution in [-0.2, 0) is 0 Å². The molecule has 9 heavy (non-hydrogen) atoms. The number of fused-ring (bicyclic) bond motifs is 2. The second-order valence-electron chi connectivity index (χ2n) is 3.22. The van der Waals surface area contributed by atoms with Gasteiger partial charge in [-0.05, 0) is 31.1 Å². The molecule has 0 heterocycles. The molecule has 2 saturated carbocycles. The Balaban J connectivity index is 2.15. The number of halogens is 2. The Kier molecular flexibility index (Phi) is 1.42. The van der Waals surface area contributed by atoms with Crippen molar-refractivity contribution in [2.24, 2.45) is 11.8 Å². The highest BCUT2D eigenvalue weighted by molar-refractivity contribution is 6.30. The smallest absolute Gasteiger partial charge is 0.0530 e. The molecule has 0 aromatic rings. The lowest BCUT2D eigenvalue weighted by Gasteiger charge is -2.20. The minimum Gasteiger partial charge on any atom is -0.121 e. The van der Waals surface area contributed by atoms with Gasteiger partial charge >= 0.3 is 0 Å². The summed E-state index contributed by atoms with van der Waals surface area (Å²) in [6, 6.07) is 0. The van der Waals surface area contributed by atoms with Crippen molar-refractivity contribution in [2.75, 3.05) is 0 Å². The van der Waals surface area contributed by atoms with Crippen LogP contribution in [0.3, 0.4) is 0 Å². The fraction of sp³-hybridized carbons (Fsp3) is 1.00. The second-order valence-corrected chi connectivity index (χ2v) is 4.23. The van der Waals surface area contributed by atoms with E-state index in [2.05, 4.69) is 0 Å². The van der Waals surface area contributed by atoms with Gasteiger partial charge < -0.3 is 0 Å². The molecule has 0 nitrogen and oxygen atoms in total. The summed E-state index contributed by atoms with van der Waals surface area (Å²) >= 11 is 12.1. The molecule has 2 bridgehead atoms. The maximum Gasteiger partial charge on any atom is 0.0530 e. The van der Waals surface area contributed by atoms with Gasteiger partial charge in [0.05, 0.1) is 10.8 Å². The molecule has 0 amide bonds. The highest BCUT2D eigenvalue weighted by atomic mass is 35.5. The van der Waals surface area contributed by atoms with Crippen LogP contribution in [0, 0.1) is 11.8 Å². The van der Waals surface area contributed by atoms with Gasteiger partial charge in [0.25, 0.3) is 0 Å². The van der Waals surface area contributed by atoms with Crippen molar-refractivity contribution < 1.29 is 0 Å². The molecule has 2 aliphatic carbocycles. The van der Waals surface area contributed by atoms with Crippen molar-refractivity contribution in [3.05, 3.63) is 0 Å². The van der Waals surface area contributed by atoms with Gasteiger partial charge in [-0.2, -0.15) is 0 Å². The van der Waals surface area contributed by atoms with Crippen LogP contribution < -0.4 is 0 Å². The quantitative estimate of drug-likeness (QED) is 0.484. The van der Waals surface area contributed by atoms with Gasteiger partial charge in [0.15, 0.2) is 0 Å². The van der Waals surface area contributed by atoms with Gasteiger partial charge in [-0.15, -0.1) is 23.2 Å². The van der Waals surface area contributed by atoms with E-state index >= 15 is 0 Å². The van der Waals surface area contributed by atoms with Crippen molar-refractivity contribution in [2.45, 2.75) is 30.0 Å². The second kappa shape index (κ2) is 2.03. The largest absolute Gasteiger partial charge is 0.121 e. The topological polar surface area (TPSA) is 0 Å². The molecule has 2 rings (SSSR count). The Morgan fingerprint density at radius 1 is 0.889 bits per heavy atom. The number of rotatable bonds is 0. The van der Waals surface area contributed by atoms with Crippen LogP contribution in [0.5, 0.6) is 0 Å². The average molecular weight is 165 g/mol. The summed E-state index contributed by atoms with van der Waals surface area (Å²) in [6.45, 7) is 0. The van der Waals surface area contributed by atoms with Gasteiger partial charge in [0, 0.05) is 0 Å². The molecule has 0 aliphatic heterocycles. The summed E-state index contributed by atoms with van der Waals surface area (Å²) < 4.78 is 0. The van der Waals surface area contributed by atoms with Crippen molar-refractivity contribution in [3.8, 4) is 0 Å². The third kappa shape index (κ3) is 0.798. The zero-order chi connectivity index (χ0) is 6.43. The summed E-state index contributed by atoms with van der Waals surface area (Å²) in [5, 5.41) is 0.566. The molecule has 52 valence electrons. The fourth-order valence-corrected chi connectivity index (χ4v) is 3.02. The molecule has 0 spiro atoms. The van der Waals surface area contributed by atoms with E-state index < -0.39 is 0 Å². The van der Waals surface area contributed by atoms with Gasteiger partial charge in [-0.1, -0.05) is 0 Å². The first-order valence-corrected chi connectivity index (χ1v) is 4.44. The molecule has 0 aromatic carbocycles. The van der Waals surface area contributed by atoms with E-state index in [0.717, 1.165) is 11.8 Å². The highest BCUT2D eigenvalue weighted by Gasteiger charge is 2.45. The monoisotopic (exact) mass is 164 g/mol. The Hall–Kier alpha value is 0.580. The van der Waals surface area contributed by atoms with Crippen LogP contribution in [0.25, 0.3) is 0 Å². The summed E-state index contributed by atoms with van der Waals surface area (Å²) in [7, 11) is 0. The molecule has 2 aliphatic rings. The molecule has 4 atom stereocenters. The van der Waals surface area contributed by atoms with Crippen molar-refractivity contribution in [3.63, 3.8) is 0 Å². The first kappa shape index (κ1) is 6.30. The highest BCUT2D eigenvalue weighted by Crippen LogP contribution is 2.49. The van der Waals surface area contributed by atoms with Crippen LogP contribution in [0.1, 0.15) is 19.3 Å². The van der Waals surface area contributed by atoms with Gasteiger partial charge in [-0.25, -0.2) is 0 Å². The van der Waals surface area contributed by atoms with Crippen LogP contribution in [0.4, 0.5) is 0 Å². The van der Waals surface area contributed by atoms with E-state index in [0.29, 0.717) is 0 Å². The van der Waals surface area contributed by atoms with E-state index in [9.17, 15) is 0 Å². The lowest BCUT2D eigenvalue weighted by atomic mass is 10.00. The minimum absolute atomic E-state index is 0.283. The third-order valence-electron chi connectivity index (χ3n) is 2.72. The minimum atomic E-state index is 0.283. The Morgan fingerprint density at radius 2 is 1.33 bits per heavy atom. The Labute approximate surface area is 65.5 Å². The predicted octanol–water partition coefficient (Wildman–Crippen LogP) is 2.63. The van der Waals surface area contributed by atoms with Crippen molar-refractivity contribution >= 4 is 23.2 Å². The number of alkyl halides is 2. The molecular formula is C7H10Cl2. The summed E-state index contributed by atoms with van der Waals surface area (Å²) in [4.78, 5) is 0. The maximum absolute atomic E-state index is 6.03.